The van der Waals surface area contributed by atoms with Gasteiger partial charge in [0.15, 0.2) is 0 Å². The first-order valence-corrected chi connectivity index (χ1v) is 6.12. The molecule has 0 aliphatic carbocycles. The number of ether oxygens (including phenoxy) is 3. The Labute approximate surface area is 109 Å². The molecule has 0 aromatic carbocycles. The first-order valence-electron chi connectivity index (χ1n) is 6.12. The molecule has 0 radical (unpaired) electrons. The van der Waals surface area contributed by atoms with Gasteiger partial charge in [-0.1, -0.05) is 0 Å². The summed E-state index contributed by atoms with van der Waals surface area (Å²) >= 11 is 0. The molecule has 18 heavy (non-hydrogen) atoms. The topological polar surface area (TPSA) is 90.1 Å². The third kappa shape index (κ3) is 9.17. The zero-order valence-corrected chi connectivity index (χ0v) is 11.6. The lowest BCUT2D eigenvalue weighted by molar-refractivity contribution is 0.0343. The van der Waals surface area contributed by atoms with Gasteiger partial charge in [0.2, 0.25) is 5.96 Å². The minimum Gasteiger partial charge on any atom is -0.382 e. The Kier molecular flexibility index (Phi) is 11.9. The molecule has 0 heterocycles. The maximum absolute atomic E-state index is 5.37. The predicted molar refractivity (Wildman–Crippen MR) is 71.4 cm³/mol. The van der Waals surface area contributed by atoms with Gasteiger partial charge in [-0.3, -0.25) is 5.43 Å². The van der Waals surface area contributed by atoms with Gasteiger partial charge in [-0.05, 0) is 13.3 Å². The van der Waals surface area contributed by atoms with Gasteiger partial charge in [-0.2, -0.15) is 0 Å². The van der Waals surface area contributed by atoms with E-state index in [1.807, 2.05) is 6.92 Å². The summed E-state index contributed by atoms with van der Waals surface area (Å²) in [5.74, 6) is 5.91. The summed E-state index contributed by atoms with van der Waals surface area (Å²) < 4.78 is 15.4. The van der Waals surface area contributed by atoms with E-state index in [1.165, 1.54) is 0 Å². The van der Waals surface area contributed by atoms with Crippen LogP contribution in [0, 0.1) is 0 Å². The Bertz CT molecular complexity index is 214. The van der Waals surface area contributed by atoms with Crippen LogP contribution >= 0.6 is 0 Å². The average molecular weight is 262 g/mol. The molecule has 0 fully saturated rings. The molecule has 0 amide bonds. The average Bonchev–Trinajstić information content (AvgIpc) is 2.40. The van der Waals surface area contributed by atoms with Crippen molar-refractivity contribution in [1.82, 2.24) is 10.7 Å². The first-order chi connectivity index (χ1) is 8.78. The van der Waals surface area contributed by atoms with Crippen LogP contribution in [-0.4, -0.2) is 59.2 Å². The van der Waals surface area contributed by atoms with Crippen molar-refractivity contribution in [3.63, 3.8) is 0 Å². The molecule has 0 saturated heterocycles. The van der Waals surface area contributed by atoms with Crippen LogP contribution in [-0.2, 0) is 14.2 Å². The summed E-state index contributed by atoms with van der Waals surface area (Å²) in [4.78, 5) is 4.27. The SMILES string of the molecule is CCOCCCNC(=NCC(COC)OC)NN. The molecule has 0 aromatic rings. The van der Waals surface area contributed by atoms with Crippen molar-refractivity contribution in [1.29, 1.82) is 0 Å². The van der Waals surface area contributed by atoms with Gasteiger partial charge in [-0.15, -0.1) is 0 Å². The van der Waals surface area contributed by atoms with Crippen LogP contribution in [0.3, 0.4) is 0 Å². The lowest BCUT2D eigenvalue weighted by Gasteiger charge is -2.13. The fourth-order valence-electron chi connectivity index (χ4n) is 1.25. The third-order valence-electron chi connectivity index (χ3n) is 2.24. The van der Waals surface area contributed by atoms with E-state index in [0.717, 1.165) is 26.2 Å². The van der Waals surface area contributed by atoms with Crippen molar-refractivity contribution in [2.75, 3.05) is 47.1 Å². The van der Waals surface area contributed by atoms with E-state index in [-0.39, 0.29) is 6.10 Å². The maximum Gasteiger partial charge on any atom is 0.205 e. The van der Waals surface area contributed by atoms with E-state index in [9.17, 15) is 0 Å². The van der Waals surface area contributed by atoms with Crippen molar-refractivity contribution in [2.45, 2.75) is 19.4 Å². The van der Waals surface area contributed by atoms with E-state index in [2.05, 4.69) is 15.7 Å². The largest absolute Gasteiger partial charge is 0.382 e. The summed E-state index contributed by atoms with van der Waals surface area (Å²) in [5.41, 5.74) is 2.52. The van der Waals surface area contributed by atoms with Crippen LogP contribution < -0.4 is 16.6 Å². The number of hydrogen-bond acceptors (Lipinski definition) is 5. The molecule has 4 N–H and O–H groups in total. The molecule has 0 aliphatic heterocycles. The highest BCUT2D eigenvalue weighted by Crippen LogP contribution is 1.91. The molecule has 0 bridgehead atoms. The molecule has 0 spiro atoms. The second-order valence-electron chi connectivity index (χ2n) is 3.62. The van der Waals surface area contributed by atoms with Crippen LogP contribution in [0.5, 0.6) is 0 Å². The molecule has 108 valence electrons. The summed E-state index contributed by atoms with van der Waals surface area (Å²) in [5, 5.41) is 3.09. The van der Waals surface area contributed by atoms with E-state index in [4.69, 9.17) is 20.1 Å². The van der Waals surface area contributed by atoms with Gasteiger partial charge in [0.1, 0.15) is 6.10 Å². The highest BCUT2D eigenvalue weighted by atomic mass is 16.5. The highest BCUT2D eigenvalue weighted by Gasteiger charge is 2.06. The molecule has 1 atom stereocenters. The van der Waals surface area contributed by atoms with Crippen LogP contribution in [0.4, 0.5) is 0 Å². The van der Waals surface area contributed by atoms with Gasteiger partial charge in [0, 0.05) is 34.0 Å². The second-order valence-corrected chi connectivity index (χ2v) is 3.62. The zero-order chi connectivity index (χ0) is 13.6. The van der Waals surface area contributed by atoms with Crippen molar-refractivity contribution in [2.24, 2.45) is 10.8 Å². The van der Waals surface area contributed by atoms with Crippen molar-refractivity contribution >= 4 is 5.96 Å². The maximum atomic E-state index is 5.37. The van der Waals surface area contributed by atoms with Gasteiger partial charge in [0.25, 0.3) is 0 Å². The number of nitrogens with one attached hydrogen (secondary N) is 2. The quantitative estimate of drug-likeness (QED) is 0.161. The number of aliphatic imine (C=N–C) groups is 1. The Hall–Kier alpha value is -0.890. The predicted octanol–water partition coefficient (Wildman–Crippen LogP) is -0.517. The smallest absolute Gasteiger partial charge is 0.205 e. The summed E-state index contributed by atoms with van der Waals surface area (Å²) in [6.07, 6.45) is 0.837. The Morgan fingerprint density at radius 1 is 1.39 bits per heavy atom. The number of hydrogen-bond donors (Lipinski definition) is 3. The van der Waals surface area contributed by atoms with Gasteiger partial charge in [0.05, 0.1) is 13.2 Å². The second kappa shape index (κ2) is 12.6. The van der Waals surface area contributed by atoms with Gasteiger partial charge in [-0.25, -0.2) is 10.8 Å². The number of methoxy groups -OCH3 is 2. The normalized spacial score (nSPS) is 13.4. The number of guanidine groups is 1. The molecule has 0 aromatic heterocycles. The third-order valence-corrected chi connectivity index (χ3v) is 2.24. The van der Waals surface area contributed by atoms with Crippen LogP contribution in [0.2, 0.25) is 0 Å². The van der Waals surface area contributed by atoms with Crippen LogP contribution in [0.1, 0.15) is 13.3 Å². The summed E-state index contributed by atoms with van der Waals surface area (Å²) in [6.45, 7) is 5.19. The van der Waals surface area contributed by atoms with E-state index in [1.54, 1.807) is 14.2 Å². The van der Waals surface area contributed by atoms with E-state index in [0.29, 0.717) is 19.1 Å². The Morgan fingerprint density at radius 3 is 2.72 bits per heavy atom. The highest BCUT2D eigenvalue weighted by molar-refractivity contribution is 5.79. The first kappa shape index (κ1) is 17.1. The van der Waals surface area contributed by atoms with Crippen molar-refractivity contribution in [3.8, 4) is 0 Å². The number of hydrazine groups is 1. The molecule has 7 heteroatoms. The monoisotopic (exact) mass is 262 g/mol. The Balaban J connectivity index is 3.84. The fraction of sp³-hybridized carbons (Fsp3) is 0.909. The molecular weight excluding hydrogens is 236 g/mol. The molecule has 7 nitrogen and oxygen atoms in total. The fourth-order valence-corrected chi connectivity index (χ4v) is 1.25. The molecule has 1 unspecified atom stereocenters. The summed E-state index contributed by atoms with van der Waals surface area (Å²) in [7, 11) is 3.26. The van der Waals surface area contributed by atoms with E-state index < -0.39 is 0 Å². The van der Waals surface area contributed by atoms with E-state index >= 15 is 0 Å². The lowest BCUT2D eigenvalue weighted by atomic mass is 10.4. The van der Waals surface area contributed by atoms with Crippen LogP contribution in [0.25, 0.3) is 0 Å². The summed E-state index contributed by atoms with van der Waals surface area (Å²) in [6, 6.07) is 0. The van der Waals surface area contributed by atoms with Crippen molar-refractivity contribution < 1.29 is 14.2 Å². The Morgan fingerprint density at radius 2 is 2.17 bits per heavy atom. The minimum absolute atomic E-state index is 0.0661. The number of nitrogens with two attached hydrogens (primary N) is 1. The molecule has 0 saturated carbocycles. The van der Waals surface area contributed by atoms with Gasteiger partial charge < -0.3 is 19.5 Å². The zero-order valence-electron chi connectivity index (χ0n) is 11.6. The van der Waals surface area contributed by atoms with Crippen LogP contribution in [0.15, 0.2) is 4.99 Å². The molecular formula is C11H26N4O3. The standard InChI is InChI=1S/C11H26N4O3/c1-4-18-7-5-6-13-11(15-12)14-8-10(17-3)9-16-2/h10H,4-9,12H2,1-3H3,(H2,13,14,15). The number of nitrogens with zero attached hydrogens (tertiary/aromatic N) is 1. The molecule has 0 rings (SSSR count). The minimum atomic E-state index is -0.0661. The number of rotatable bonds is 10. The molecule has 0 aliphatic rings. The lowest BCUT2D eigenvalue weighted by Crippen LogP contribution is -2.42. The van der Waals surface area contributed by atoms with Gasteiger partial charge >= 0.3 is 0 Å². The van der Waals surface area contributed by atoms with Crippen molar-refractivity contribution in [3.05, 3.63) is 0 Å².